The van der Waals surface area contributed by atoms with Crippen LogP contribution in [0, 0.1) is 11.3 Å². The van der Waals surface area contributed by atoms with Crippen LogP contribution in [0.1, 0.15) is 42.7 Å². The summed E-state index contributed by atoms with van der Waals surface area (Å²) < 4.78 is 0.950. The summed E-state index contributed by atoms with van der Waals surface area (Å²) in [5.41, 5.74) is 1.31. The van der Waals surface area contributed by atoms with Gasteiger partial charge < -0.3 is 33.6 Å². The lowest BCUT2D eigenvalue weighted by molar-refractivity contribution is -0.917. The molecule has 32 heavy (non-hydrogen) atoms. The summed E-state index contributed by atoms with van der Waals surface area (Å²) in [7, 11) is 2.28. The van der Waals surface area contributed by atoms with E-state index in [9.17, 15) is 10.4 Å². The van der Waals surface area contributed by atoms with Crippen molar-refractivity contribution < 1.29 is 33.6 Å². The van der Waals surface area contributed by atoms with Crippen molar-refractivity contribution in [2.24, 2.45) is 0 Å². The predicted octanol–water partition coefficient (Wildman–Crippen LogP) is 3.01. The van der Waals surface area contributed by atoms with E-state index in [0.29, 0.717) is 5.02 Å². The molecule has 0 spiro atoms. The first kappa shape index (κ1) is 25.0. The Labute approximate surface area is 213 Å². The van der Waals surface area contributed by atoms with Crippen molar-refractivity contribution in [3.8, 4) is 6.07 Å². The Morgan fingerprint density at radius 2 is 1.69 bits per heavy atom. The third kappa shape index (κ3) is 5.63. The molecule has 5 heteroatoms. The molecule has 1 heterocycles. The molecule has 3 aromatic rings. The number of hydrogen-bond donors (Lipinski definition) is 1. The van der Waals surface area contributed by atoms with Crippen LogP contribution in [-0.4, -0.2) is 36.3 Å². The van der Waals surface area contributed by atoms with Crippen LogP contribution in [-0.2, 0) is 5.60 Å². The van der Waals surface area contributed by atoms with Crippen molar-refractivity contribution >= 4 is 22.4 Å². The maximum Gasteiger partial charge on any atom is 0.100 e. The van der Waals surface area contributed by atoms with Crippen LogP contribution in [0.3, 0.4) is 0 Å². The highest BCUT2D eigenvalue weighted by Crippen LogP contribution is 2.36. The Morgan fingerprint density at radius 1 is 1.03 bits per heavy atom. The lowest BCUT2D eigenvalue weighted by Gasteiger charge is -2.44. The highest BCUT2D eigenvalue weighted by atomic mass is 127. The molecule has 0 aliphatic carbocycles. The summed E-state index contributed by atoms with van der Waals surface area (Å²) in [5, 5.41) is 24.0. The highest BCUT2D eigenvalue weighted by Gasteiger charge is 2.40. The molecular formula is C27H30ClIN2O. The lowest BCUT2D eigenvalue weighted by Crippen LogP contribution is -3.00. The van der Waals surface area contributed by atoms with Crippen molar-refractivity contribution in [3.63, 3.8) is 0 Å². The summed E-state index contributed by atoms with van der Waals surface area (Å²) in [6, 6.07) is 24.8. The number of nitriles is 1. The molecule has 1 aliphatic rings. The maximum absolute atomic E-state index is 11.2. The van der Waals surface area contributed by atoms with Gasteiger partial charge in [0.05, 0.1) is 38.7 Å². The number of rotatable bonds is 6. The first-order valence-electron chi connectivity index (χ1n) is 11.1. The second-order valence-electron chi connectivity index (χ2n) is 9.26. The van der Waals surface area contributed by atoms with Gasteiger partial charge in [0.2, 0.25) is 0 Å². The van der Waals surface area contributed by atoms with Gasteiger partial charge in [-0.05, 0) is 52.9 Å². The maximum atomic E-state index is 11.2. The fourth-order valence-corrected chi connectivity index (χ4v) is 4.95. The second kappa shape index (κ2) is 10.5. The Hall–Kier alpha value is -1.65. The molecule has 168 valence electrons. The molecule has 0 bridgehead atoms. The first-order valence-corrected chi connectivity index (χ1v) is 11.5. The van der Waals surface area contributed by atoms with Gasteiger partial charge in [0.25, 0.3) is 0 Å². The number of aliphatic hydroxyl groups is 1. The molecule has 1 aliphatic heterocycles. The number of quaternary nitrogens is 1. The standard InChI is InChI=1S/C27H30ClN2O.HI/c1-30(17-14-27(31,15-18-30)25-10-12-26(28)13-11-25)16-4-7-24(20-29)23-9-8-21-5-2-3-6-22(21)19-23;/h2-3,5-6,8-13,19,24,31H,4,7,14-18H2,1H3;1H/q+1;/p-1. The second-order valence-corrected chi connectivity index (χ2v) is 9.70. The van der Waals surface area contributed by atoms with Gasteiger partial charge in [-0.1, -0.05) is 60.1 Å². The molecule has 3 nitrogen and oxygen atoms in total. The van der Waals surface area contributed by atoms with Crippen molar-refractivity contribution in [1.82, 2.24) is 0 Å². The van der Waals surface area contributed by atoms with Crippen LogP contribution in [0.2, 0.25) is 5.02 Å². The molecule has 0 saturated carbocycles. The minimum Gasteiger partial charge on any atom is -1.00 e. The van der Waals surface area contributed by atoms with E-state index in [1.165, 1.54) is 10.8 Å². The van der Waals surface area contributed by atoms with E-state index in [1.807, 2.05) is 36.4 Å². The fourth-order valence-electron chi connectivity index (χ4n) is 4.83. The van der Waals surface area contributed by atoms with E-state index >= 15 is 0 Å². The van der Waals surface area contributed by atoms with E-state index in [-0.39, 0.29) is 29.9 Å². The van der Waals surface area contributed by atoms with Crippen molar-refractivity contribution in [3.05, 3.63) is 82.9 Å². The third-order valence-electron chi connectivity index (χ3n) is 7.03. The topological polar surface area (TPSA) is 44.0 Å². The average Bonchev–Trinajstić information content (AvgIpc) is 2.79. The number of benzene rings is 3. The molecule has 1 saturated heterocycles. The number of hydrogen-bond acceptors (Lipinski definition) is 2. The van der Waals surface area contributed by atoms with E-state index < -0.39 is 5.60 Å². The van der Waals surface area contributed by atoms with Crippen LogP contribution < -0.4 is 24.0 Å². The number of fused-ring (bicyclic) bond motifs is 1. The van der Waals surface area contributed by atoms with Gasteiger partial charge in [-0.3, -0.25) is 0 Å². The summed E-state index contributed by atoms with van der Waals surface area (Å²) in [5.74, 6) is -0.0769. The van der Waals surface area contributed by atoms with E-state index in [0.717, 1.165) is 60.9 Å². The zero-order chi connectivity index (χ0) is 21.9. The summed E-state index contributed by atoms with van der Waals surface area (Å²) in [6.45, 7) is 2.90. The SMILES string of the molecule is C[N+]1(CCCC(C#N)c2ccc3ccccc3c2)CCC(O)(c2ccc(Cl)cc2)CC1.[I-]. The van der Waals surface area contributed by atoms with E-state index in [2.05, 4.69) is 43.4 Å². The van der Waals surface area contributed by atoms with Gasteiger partial charge in [0.1, 0.15) is 5.60 Å². The van der Waals surface area contributed by atoms with Gasteiger partial charge >= 0.3 is 0 Å². The highest BCUT2D eigenvalue weighted by molar-refractivity contribution is 6.30. The zero-order valence-electron chi connectivity index (χ0n) is 18.5. The van der Waals surface area contributed by atoms with Gasteiger partial charge in [0, 0.05) is 17.9 Å². The molecule has 4 rings (SSSR count). The minimum atomic E-state index is -0.761. The molecule has 0 radical (unpaired) electrons. The largest absolute Gasteiger partial charge is 1.00 e. The number of likely N-dealkylation sites (tertiary alicyclic amines) is 1. The Balaban J connectivity index is 0.00000289. The monoisotopic (exact) mass is 560 g/mol. The molecule has 0 aromatic heterocycles. The molecule has 1 N–H and O–H groups in total. The normalized spacial score (nSPS) is 23.8. The summed E-state index contributed by atoms with van der Waals surface area (Å²) >= 11 is 6.00. The molecule has 1 atom stereocenters. The average molecular weight is 561 g/mol. The minimum absolute atomic E-state index is 0. The fraction of sp³-hybridized carbons (Fsp3) is 0.370. The number of halogens is 2. The Bertz CT molecular complexity index is 1080. The Kier molecular flexibility index (Phi) is 8.21. The number of piperidine rings is 1. The summed E-state index contributed by atoms with van der Waals surface area (Å²) in [4.78, 5) is 0. The lowest BCUT2D eigenvalue weighted by atomic mass is 9.83. The molecule has 3 aromatic carbocycles. The van der Waals surface area contributed by atoms with E-state index in [1.54, 1.807) is 0 Å². The van der Waals surface area contributed by atoms with Crippen molar-refractivity contribution in [2.45, 2.75) is 37.2 Å². The Morgan fingerprint density at radius 3 is 2.34 bits per heavy atom. The quantitative estimate of drug-likeness (QED) is 0.372. The summed E-state index contributed by atoms with van der Waals surface area (Å²) in [6.07, 6.45) is 3.36. The zero-order valence-corrected chi connectivity index (χ0v) is 21.4. The van der Waals surface area contributed by atoms with E-state index in [4.69, 9.17) is 11.6 Å². The van der Waals surface area contributed by atoms with Gasteiger partial charge in [-0.15, -0.1) is 0 Å². The van der Waals surface area contributed by atoms with Crippen LogP contribution >= 0.6 is 11.6 Å². The third-order valence-corrected chi connectivity index (χ3v) is 7.29. The first-order chi connectivity index (χ1) is 14.9. The van der Waals surface area contributed by atoms with Crippen molar-refractivity contribution in [1.29, 1.82) is 5.26 Å². The molecular weight excluding hydrogens is 531 g/mol. The van der Waals surface area contributed by atoms with Crippen LogP contribution in [0.4, 0.5) is 0 Å². The van der Waals surface area contributed by atoms with Gasteiger partial charge in [-0.25, -0.2) is 0 Å². The number of nitrogens with zero attached hydrogens (tertiary/aromatic N) is 2. The predicted molar refractivity (Wildman–Crippen MR) is 127 cm³/mol. The van der Waals surface area contributed by atoms with Crippen LogP contribution in [0.5, 0.6) is 0 Å². The molecule has 0 amide bonds. The molecule has 1 unspecified atom stereocenters. The van der Waals surface area contributed by atoms with Gasteiger partial charge in [-0.2, -0.15) is 5.26 Å². The van der Waals surface area contributed by atoms with Gasteiger partial charge in [0.15, 0.2) is 0 Å². The smallest absolute Gasteiger partial charge is 0.100 e. The van der Waals surface area contributed by atoms with Crippen LogP contribution in [0.25, 0.3) is 10.8 Å². The van der Waals surface area contributed by atoms with Crippen LogP contribution in [0.15, 0.2) is 66.7 Å². The molecule has 1 fully saturated rings. The van der Waals surface area contributed by atoms with Crippen molar-refractivity contribution in [2.75, 3.05) is 26.7 Å².